The lowest BCUT2D eigenvalue weighted by Crippen LogP contribution is -2.82. The number of carbonyl (C=O) groups is 6. The summed E-state index contributed by atoms with van der Waals surface area (Å²) in [5, 5.41) is 40.1. The zero-order valence-corrected chi connectivity index (χ0v) is 35.1. The molecule has 4 N–H and O–H groups in total. The standard InChI is InChI=1S/C45H55NO14/c1-9-23(2)39(52)46-33(27-16-12-10-13-17-27)34(50)41(54)58-29-21-45(55)38(59-40(53)28-18-14-11-15-19-28)36-43(8,30(49)20-31-44(36,22-56-31)60-26(5)48)37(51)35(57-25(4)47)32(24(29)3)42(45,6)7/h10-19,23,29-31,33-36,38,49-50,55H,9,20-22H2,1-8H3,(H,46,52)/t23?,29?,30-,31-,33+,34-,35-,36+,38+,43-,44+,45-/m1/s1. The number of hydrogen-bond acceptors (Lipinski definition) is 14. The number of amides is 1. The van der Waals surface area contributed by atoms with Crippen molar-refractivity contribution in [3.8, 4) is 0 Å². The fourth-order valence-electron chi connectivity index (χ4n) is 9.85. The fraction of sp³-hybridized carbons (Fsp3) is 0.556. The SMILES string of the molecule is CCC(C)C(=O)N[C@@H](c1ccccc1)[C@@H](O)C(=O)OC1C[C@@]2(O)[C@@H](OC(=O)c3ccccc3)[C@@H]3[C@]4(OC(C)=O)CO[C@@H]4C[C@@H](O)[C@@]3(C)C(=O)[C@H](OC(C)=O)C(=C1C)C2(C)C. The van der Waals surface area contributed by atoms with Gasteiger partial charge in [0, 0.05) is 38.0 Å². The molecular formula is C45H55NO14. The van der Waals surface area contributed by atoms with E-state index in [4.69, 9.17) is 23.7 Å². The van der Waals surface area contributed by atoms with Gasteiger partial charge < -0.3 is 44.3 Å². The molecular weight excluding hydrogens is 778 g/mol. The summed E-state index contributed by atoms with van der Waals surface area (Å²) in [6, 6.07) is 14.9. The molecule has 3 aliphatic carbocycles. The lowest BCUT2D eigenvalue weighted by molar-refractivity contribution is -0.346. The Morgan fingerprint density at radius 1 is 0.933 bits per heavy atom. The Kier molecular flexibility index (Phi) is 12.2. The van der Waals surface area contributed by atoms with E-state index < -0.39 is 119 Å². The number of Topliss-reactive ketones (excluding diaryl/α,β-unsaturated/α-hetero) is 1. The Balaban J connectivity index is 1.55. The molecule has 12 atom stereocenters. The summed E-state index contributed by atoms with van der Waals surface area (Å²) in [6.45, 7) is 11.5. The first-order valence-corrected chi connectivity index (χ1v) is 20.3. The van der Waals surface area contributed by atoms with Gasteiger partial charge in [-0.2, -0.15) is 0 Å². The van der Waals surface area contributed by atoms with Crippen LogP contribution in [0.4, 0.5) is 0 Å². The van der Waals surface area contributed by atoms with Gasteiger partial charge in [-0.1, -0.05) is 76.2 Å². The van der Waals surface area contributed by atoms with Gasteiger partial charge in [-0.25, -0.2) is 9.59 Å². The summed E-state index contributed by atoms with van der Waals surface area (Å²) >= 11 is 0. The molecule has 6 rings (SSSR count). The maximum absolute atomic E-state index is 15.4. The Morgan fingerprint density at radius 3 is 2.10 bits per heavy atom. The number of ether oxygens (including phenoxy) is 5. The van der Waals surface area contributed by atoms with Crippen LogP contribution in [0, 0.1) is 22.7 Å². The predicted octanol–water partition coefficient (Wildman–Crippen LogP) is 3.47. The molecule has 3 fully saturated rings. The Hall–Kier alpha value is -4.96. The van der Waals surface area contributed by atoms with E-state index >= 15 is 4.79 Å². The summed E-state index contributed by atoms with van der Waals surface area (Å²) < 4.78 is 30.2. The smallest absolute Gasteiger partial charge is 0.338 e. The Labute approximate surface area is 348 Å². The summed E-state index contributed by atoms with van der Waals surface area (Å²) in [5.74, 6) is -7.06. The molecule has 0 spiro atoms. The van der Waals surface area contributed by atoms with Crippen LogP contribution in [0.5, 0.6) is 0 Å². The highest BCUT2D eigenvalue weighted by atomic mass is 16.6. The molecule has 2 saturated carbocycles. The van der Waals surface area contributed by atoms with Crippen LogP contribution in [0.3, 0.4) is 0 Å². The monoisotopic (exact) mass is 833 g/mol. The van der Waals surface area contributed by atoms with Gasteiger partial charge in [0.15, 0.2) is 23.6 Å². The Morgan fingerprint density at radius 2 is 1.55 bits per heavy atom. The summed E-state index contributed by atoms with van der Waals surface area (Å²) in [6.07, 6.45) is -9.88. The van der Waals surface area contributed by atoms with Gasteiger partial charge in [-0.15, -0.1) is 0 Å². The number of esters is 4. The van der Waals surface area contributed by atoms with Crippen LogP contribution in [-0.2, 0) is 47.7 Å². The maximum Gasteiger partial charge on any atom is 0.338 e. The first-order valence-electron chi connectivity index (χ1n) is 20.3. The van der Waals surface area contributed by atoms with Gasteiger partial charge in [0.25, 0.3) is 0 Å². The topological polar surface area (TPSA) is 221 Å². The molecule has 2 aromatic rings. The third-order valence-corrected chi connectivity index (χ3v) is 13.5. The average Bonchev–Trinajstić information content (AvgIpc) is 3.20. The molecule has 324 valence electrons. The van der Waals surface area contributed by atoms with Crippen molar-refractivity contribution in [3.63, 3.8) is 0 Å². The zero-order valence-electron chi connectivity index (χ0n) is 35.1. The van der Waals surface area contributed by atoms with E-state index in [0.717, 1.165) is 13.8 Å². The molecule has 15 nitrogen and oxygen atoms in total. The number of aliphatic hydroxyl groups excluding tert-OH is 2. The van der Waals surface area contributed by atoms with Crippen LogP contribution >= 0.6 is 0 Å². The number of rotatable bonds is 11. The maximum atomic E-state index is 15.4. The average molecular weight is 834 g/mol. The van der Waals surface area contributed by atoms with E-state index in [1.807, 2.05) is 6.92 Å². The minimum Gasteiger partial charge on any atom is -0.456 e. The van der Waals surface area contributed by atoms with Crippen molar-refractivity contribution in [2.45, 2.75) is 129 Å². The third-order valence-electron chi connectivity index (χ3n) is 13.5. The molecule has 2 aromatic carbocycles. The zero-order chi connectivity index (χ0) is 44.1. The van der Waals surface area contributed by atoms with Crippen molar-refractivity contribution in [2.75, 3.05) is 6.61 Å². The van der Waals surface area contributed by atoms with E-state index in [9.17, 15) is 39.3 Å². The molecule has 60 heavy (non-hydrogen) atoms. The van der Waals surface area contributed by atoms with Crippen molar-refractivity contribution in [2.24, 2.45) is 22.7 Å². The van der Waals surface area contributed by atoms with E-state index in [-0.39, 0.29) is 29.7 Å². The van der Waals surface area contributed by atoms with Crippen molar-refractivity contribution < 1.29 is 67.8 Å². The van der Waals surface area contributed by atoms with Gasteiger partial charge in [0.2, 0.25) is 5.91 Å². The van der Waals surface area contributed by atoms with Crippen molar-refractivity contribution >= 4 is 35.6 Å². The highest BCUT2D eigenvalue weighted by molar-refractivity contribution is 5.95. The number of aliphatic hydroxyl groups is 3. The van der Waals surface area contributed by atoms with Gasteiger partial charge >= 0.3 is 23.9 Å². The van der Waals surface area contributed by atoms with Crippen molar-refractivity contribution in [1.82, 2.24) is 5.32 Å². The van der Waals surface area contributed by atoms with Gasteiger partial charge in [0.1, 0.15) is 23.9 Å². The molecule has 2 unspecified atom stereocenters. The lowest BCUT2D eigenvalue weighted by Gasteiger charge is -2.67. The van der Waals surface area contributed by atoms with Crippen LogP contribution in [-0.4, -0.2) is 105 Å². The van der Waals surface area contributed by atoms with Crippen LogP contribution < -0.4 is 5.32 Å². The molecule has 0 aromatic heterocycles. The quantitative estimate of drug-likeness (QED) is 0.145. The molecule has 2 bridgehead atoms. The van der Waals surface area contributed by atoms with Crippen LogP contribution in [0.25, 0.3) is 0 Å². The number of nitrogens with one attached hydrogen (secondary N) is 1. The number of benzene rings is 2. The molecule has 1 amide bonds. The molecule has 1 saturated heterocycles. The van der Waals surface area contributed by atoms with Gasteiger partial charge in [-0.05, 0) is 49.1 Å². The molecule has 1 aliphatic heterocycles. The van der Waals surface area contributed by atoms with E-state index in [1.165, 1.54) is 26.0 Å². The highest BCUT2D eigenvalue weighted by Crippen LogP contribution is 2.64. The van der Waals surface area contributed by atoms with E-state index in [1.54, 1.807) is 69.3 Å². The highest BCUT2D eigenvalue weighted by Gasteiger charge is 2.78. The summed E-state index contributed by atoms with van der Waals surface area (Å²) in [5.41, 5.74) is -7.15. The normalized spacial score (nSPS) is 33.1. The number of hydrogen-bond donors (Lipinski definition) is 4. The second-order valence-corrected chi connectivity index (χ2v) is 17.3. The van der Waals surface area contributed by atoms with Gasteiger partial charge in [0.05, 0.1) is 35.6 Å². The first kappa shape index (κ1) is 44.6. The molecule has 1 heterocycles. The third kappa shape index (κ3) is 7.32. The first-order chi connectivity index (χ1) is 28.1. The van der Waals surface area contributed by atoms with Gasteiger partial charge in [-0.3, -0.25) is 19.2 Å². The Bertz CT molecular complexity index is 2050. The van der Waals surface area contributed by atoms with Crippen LogP contribution in [0.15, 0.2) is 71.8 Å². The molecule has 4 aliphatic rings. The molecule has 0 radical (unpaired) electrons. The second-order valence-electron chi connectivity index (χ2n) is 17.3. The minimum atomic E-state index is -2.37. The second kappa shape index (κ2) is 16.5. The number of carbonyl (C=O) groups excluding carboxylic acids is 6. The minimum absolute atomic E-state index is 0.00887. The van der Waals surface area contributed by atoms with E-state index in [0.29, 0.717) is 12.0 Å². The summed E-state index contributed by atoms with van der Waals surface area (Å²) in [7, 11) is 0. The fourth-order valence-corrected chi connectivity index (χ4v) is 9.85. The van der Waals surface area contributed by atoms with Crippen molar-refractivity contribution in [1.29, 1.82) is 0 Å². The molecule has 15 heteroatoms. The number of fused-ring (bicyclic) bond motifs is 5. The predicted molar refractivity (Wildman–Crippen MR) is 211 cm³/mol. The lowest BCUT2D eigenvalue weighted by atomic mass is 9.44. The van der Waals surface area contributed by atoms with E-state index in [2.05, 4.69) is 5.32 Å². The number of ketones is 1. The summed E-state index contributed by atoms with van der Waals surface area (Å²) in [4.78, 5) is 83.0. The van der Waals surface area contributed by atoms with Crippen LogP contribution in [0.2, 0.25) is 0 Å². The van der Waals surface area contributed by atoms with Crippen LogP contribution in [0.1, 0.15) is 96.6 Å². The largest absolute Gasteiger partial charge is 0.456 e. The van der Waals surface area contributed by atoms with Crippen molar-refractivity contribution in [3.05, 3.63) is 82.9 Å².